The molecule has 0 radical (unpaired) electrons. The summed E-state index contributed by atoms with van der Waals surface area (Å²) in [6.45, 7) is 3.85. The number of hydrogen-bond donors (Lipinski definition) is 3. The molecule has 162 valence electrons. The number of unbranched alkanes of at least 4 members (excludes halogenated alkanes) is 1. The average Bonchev–Trinajstić information content (AvgIpc) is 2.89. The number of rotatable bonds is 9. The van der Waals surface area contributed by atoms with E-state index >= 15 is 0 Å². The van der Waals surface area contributed by atoms with E-state index in [0.29, 0.717) is 17.8 Å². The maximum absolute atomic E-state index is 12.5. The first-order chi connectivity index (χ1) is 14.1. The molecule has 1 fully saturated rings. The average molecular weight is 418 g/mol. The molecule has 0 aromatic heterocycles. The summed E-state index contributed by atoms with van der Waals surface area (Å²) < 4.78 is 4.88. The highest BCUT2D eigenvalue weighted by Crippen LogP contribution is 2.23. The second kappa shape index (κ2) is 9.86. The molecule has 0 unspecified atom stereocenters. The fourth-order valence-corrected chi connectivity index (χ4v) is 2.95. The zero-order valence-corrected chi connectivity index (χ0v) is 17.2. The molecule has 0 saturated carbocycles. The van der Waals surface area contributed by atoms with Crippen LogP contribution < -0.4 is 16.0 Å². The molecule has 10 heteroatoms. The van der Waals surface area contributed by atoms with E-state index in [1.165, 1.54) is 6.92 Å². The maximum atomic E-state index is 12.5. The van der Waals surface area contributed by atoms with E-state index in [-0.39, 0.29) is 5.91 Å². The van der Waals surface area contributed by atoms with Crippen LogP contribution >= 0.6 is 0 Å². The number of amides is 5. The fourth-order valence-electron chi connectivity index (χ4n) is 2.95. The standard InChI is InChI=1S/C20H26N4O6/c1-4-5-10-20(3)18(28)24(19(29)23-20)11-17(27)30-12-16(26)22-15-8-6-14(7-9-15)21-13(2)25/h6-9H,4-5,10-12H2,1-3H3,(H,21,25)(H,22,26)(H,23,29)/t20-/m0/s1. The van der Waals surface area contributed by atoms with E-state index in [9.17, 15) is 24.0 Å². The Morgan fingerprint density at radius 2 is 1.70 bits per heavy atom. The van der Waals surface area contributed by atoms with Gasteiger partial charge in [0.25, 0.3) is 11.8 Å². The number of ether oxygens (including phenoxy) is 1. The molecular formula is C20H26N4O6. The highest BCUT2D eigenvalue weighted by Gasteiger charge is 2.47. The third kappa shape index (κ3) is 6.03. The van der Waals surface area contributed by atoms with E-state index in [1.54, 1.807) is 31.2 Å². The maximum Gasteiger partial charge on any atom is 0.326 e. The van der Waals surface area contributed by atoms with Gasteiger partial charge in [0.15, 0.2) is 6.61 Å². The van der Waals surface area contributed by atoms with Gasteiger partial charge in [-0.25, -0.2) is 4.79 Å². The van der Waals surface area contributed by atoms with Crippen molar-refractivity contribution in [2.45, 2.75) is 45.6 Å². The lowest BCUT2D eigenvalue weighted by molar-refractivity contribution is -0.150. The number of nitrogens with one attached hydrogen (secondary N) is 3. The van der Waals surface area contributed by atoms with Crippen LogP contribution in [-0.4, -0.2) is 53.3 Å². The Bertz CT molecular complexity index is 838. The molecule has 10 nitrogen and oxygen atoms in total. The highest BCUT2D eigenvalue weighted by molar-refractivity contribution is 6.08. The van der Waals surface area contributed by atoms with Gasteiger partial charge < -0.3 is 20.7 Å². The van der Waals surface area contributed by atoms with E-state index in [2.05, 4.69) is 16.0 Å². The minimum atomic E-state index is -1.03. The molecule has 1 aliphatic rings. The summed E-state index contributed by atoms with van der Waals surface area (Å²) >= 11 is 0. The van der Waals surface area contributed by atoms with Crippen molar-refractivity contribution in [3.8, 4) is 0 Å². The van der Waals surface area contributed by atoms with Crippen molar-refractivity contribution in [3.05, 3.63) is 24.3 Å². The number of benzene rings is 1. The van der Waals surface area contributed by atoms with Crippen LogP contribution in [0.1, 0.15) is 40.0 Å². The van der Waals surface area contributed by atoms with E-state index < -0.39 is 42.5 Å². The monoisotopic (exact) mass is 418 g/mol. The fraction of sp³-hybridized carbons (Fsp3) is 0.450. The van der Waals surface area contributed by atoms with E-state index in [0.717, 1.165) is 17.7 Å². The van der Waals surface area contributed by atoms with Crippen LogP contribution in [0, 0.1) is 0 Å². The van der Waals surface area contributed by atoms with Gasteiger partial charge in [0, 0.05) is 18.3 Å². The molecule has 0 aliphatic carbocycles. The molecule has 30 heavy (non-hydrogen) atoms. The van der Waals surface area contributed by atoms with Crippen molar-refractivity contribution < 1.29 is 28.7 Å². The molecule has 1 aromatic carbocycles. The Balaban J connectivity index is 1.81. The van der Waals surface area contributed by atoms with Crippen molar-refractivity contribution in [1.82, 2.24) is 10.2 Å². The number of urea groups is 1. The summed E-state index contributed by atoms with van der Waals surface area (Å²) in [4.78, 5) is 60.3. The summed E-state index contributed by atoms with van der Waals surface area (Å²) in [6.07, 6.45) is 2.10. The van der Waals surface area contributed by atoms with Crippen molar-refractivity contribution >= 4 is 41.1 Å². The van der Waals surface area contributed by atoms with Crippen LogP contribution in [0.3, 0.4) is 0 Å². The van der Waals surface area contributed by atoms with Gasteiger partial charge in [-0.05, 0) is 37.6 Å². The lowest BCUT2D eigenvalue weighted by Gasteiger charge is -2.21. The first kappa shape index (κ1) is 22.9. The molecule has 0 bridgehead atoms. The highest BCUT2D eigenvalue weighted by atomic mass is 16.5. The third-order valence-corrected chi connectivity index (χ3v) is 4.52. The van der Waals surface area contributed by atoms with Gasteiger partial charge in [-0.3, -0.25) is 24.1 Å². The van der Waals surface area contributed by atoms with Crippen LogP contribution in [-0.2, 0) is 23.9 Å². The lowest BCUT2D eigenvalue weighted by atomic mass is 9.95. The van der Waals surface area contributed by atoms with E-state index in [1.807, 2.05) is 6.92 Å². The van der Waals surface area contributed by atoms with Crippen molar-refractivity contribution in [3.63, 3.8) is 0 Å². The van der Waals surface area contributed by atoms with Crippen LogP contribution in [0.2, 0.25) is 0 Å². The minimum absolute atomic E-state index is 0.213. The molecule has 1 saturated heterocycles. The number of carbonyl (C=O) groups is 5. The van der Waals surface area contributed by atoms with Gasteiger partial charge in [-0.1, -0.05) is 19.8 Å². The summed E-state index contributed by atoms with van der Waals surface area (Å²) in [6, 6.07) is 5.72. The Morgan fingerprint density at radius 3 is 2.27 bits per heavy atom. The second-order valence-electron chi connectivity index (χ2n) is 7.22. The van der Waals surface area contributed by atoms with E-state index in [4.69, 9.17) is 4.74 Å². The number of hydrogen-bond acceptors (Lipinski definition) is 6. The van der Waals surface area contributed by atoms with Gasteiger partial charge in [0.1, 0.15) is 12.1 Å². The van der Waals surface area contributed by atoms with Crippen molar-refractivity contribution in [2.75, 3.05) is 23.8 Å². The van der Waals surface area contributed by atoms with Crippen LogP contribution in [0.15, 0.2) is 24.3 Å². The lowest BCUT2D eigenvalue weighted by Crippen LogP contribution is -2.44. The normalized spacial score (nSPS) is 18.0. The van der Waals surface area contributed by atoms with Crippen LogP contribution in [0.4, 0.5) is 16.2 Å². The van der Waals surface area contributed by atoms with Gasteiger partial charge >= 0.3 is 12.0 Å². The molecule has 1 aliphatic heterocycles. The quantitative estimate of drug-likeness (QED) is 0.412. The molecular weight excluding hydrogens is 392 g/mol. The van der Waals surface area contributed by atoms with Gasteiger partial charge in [0.2, 0.25) is 5.91 Å². The summed E-state index contributed by atoms with van der Waals surface area (Å²) in [5, 5.41) is 7.74. The molecule has 3 N–H and O–H groups in total. The summed E-state index contributed by atoms with van der Waals surface area (Å²) in [5.74, 6) is -2.15. The number of esters is 1. The van der Waals surface area contributed by atoms with Gasteiger partial charge in [-0.2, -0.15) is 0 Å². The summed E-state index contributed by atoms with van der Waals surface area (Å²) in [7, 11) is 0. The first-order valence-electron chi connectivity index (χ1n) is 9.62. The van der Waals surface area contributed by atoms with Crippen molar-refractivity contribution in [1.29, 1.82) is 0 Å². The number of imide groups is 1. The van der Waals surface area contributed by atoms with Crippen LogP contribution in [0.5, 0.6) is 0 Å². The van der Waals surface area contributed by atoms with Crippen LogP contribution in [0.25, 0.3) is 0 Å². The Hall–Kier alpha value is -3.43. The topological polar surface area (TPSA) is 134 Å². The SMILES string of the molecule is CCCC[C@]1(C)NC(=O)N(CC(=O)OCC(=O)Nc2ccc(NC(C)=O)cc2)C1=O. The van der Waals surface area contributed by atoms with Gasteiger partial charge in [-0.15, -0.1) is 0 Å². The van der Waals surface area contributed by atoms with Gasteiger partial charge in [0.05, 0.1) is 0 Å². The zero-order valence-electron chi connectivity index (χ0n) is 17.2. The number of nitrogens with zero attached hydrogens (tertiary/aromatic N) is 1. The predicted octanol–water partition coefficient (Wildman–Crippen LogP) is 1.63. The first-order valence-corrected chi connectivity index (χ1v) is 9.62. The summed E-state index contributed by atoms with van der Waals surface area (Å²) in [5.41, 5.74) is -0.00824. The molecule has 1 atom stereocenters. The molecule has 2 rings (SSSR count). The number of carbonyl (C=O) groups excluding carboxylic acids is 5. The predicted molar refractivity (Wildman–Crippen MR) is 109 cm³/mol. The smallest absolute Gasteiger partial charge is 0.326 e. The second-order valence-corrected chi connectivity index (χ2v) is 7.22. The van der Waals surface area contributed by atoms with Crippen molar-refractivity contribution in [2.24, 2.45) is 0 Å². The molecule has 1 aromatic rings. The Labute approximate surface area is 174 Å². The third-order valence-electron chi connectivity index (χ3n) is 4.52. The largest absolute Gasteiger partial charge is 0.454 e. The molecule has 5 amide bonds. The molecule has 0 spiro atoms. The molecule has 1 heterocycles. The Kier molecular flexibility index (Phi) is 7.51. The Morgan fingerprint density at radius 1 is 1.10 bits per heavy atom. The number of anilines is 2. The minimum Gasteiger partial charge on any atom is -0.454 e. The zero-order chi connectivity index (χ0) is 22.3.